The highest BCUT2D eigenvalue weighted by Crippen LogP contribution is 2.38. The lowest BCUT2D eigenvalue weighted by atomic mass is 10.2. The number of nitrogens with zero attached hydrogens (tertiary/aromatic N) is 2. The van der Waals surface area contributed by atoms with E-state index in [9.17, 15) is 5.11 Å². The Kier molecular flexibility index (Phi) is 4.76. The lowest BCUT2D eigenvalue weighted by Gasteiger charge is -2.38. The third-order valence-corrected chi connectivity index (χ3v) is 9.84. The molecule has 6 heteroatoms. The molecule has 0 unspecified atom stereocenters. The van der Waals surface area contributed by atoms with Crippen molar-refractivity contribution in [2.24, 2.45) is 0 Å². The summed E-state index contributed by atoms with van der Waals surface area (Å²) in [6.07, 6.45) is 1.89. The molecule has 0 saturated heterocycles. The molecule has 22 heavy (non-hydrogen) atoms. The van der Waals surface area contributed by atoms with Crippen molar-refractivity contribution in [1.29, 1.82) is 0 Å². The molecule has 0 amide bonds. The zero-order valence-electron chi connectivity index (χ0n) is 14.1. The molecule has 0 spiro atoms. The van der Waals surface area contributed by atoms with E-state index in [0.29, 0.717) is 11.0 Å². The molecule has 0 aliphatic carbocycles. The van der Waals surface area contributed by atoms with Crippen LogP contribution in [0.25, 0.3) is 10.9 Å². The van der Waals surface area contributed by atoms with Crippen LogP contribution >= 0.6 is 15.9 Å². The summed E-state index contributed by atoms with van der Waals surface area (Å²) in [5.41, 5.74) is 0.908. The van der Waals surface area contributed by atoms with Gasteiger partial charge in [-0.2, -0.15) is 5.10 Å². The molecule has 1 aromatic carbocycles. The van der Waals surface area contributed by atoms with E-state index in [2.05, 4.69) is 61.8 Å². The molecule has 2 rings (SSSR count). The average molecular weight is 385 g/mol. The first-order chi connectivity index (χ1) is 10.0. The summed E-state index contributed by atoms with van der Waals surface area (Å²) < 4.78 is 8.98. The fourth-order valence-electron chi connectivity index (χ4n) is 2.22. The number of phenolic OH excluding ortho intramolecular Hbond substituents is 1. The predicted molar refractivity (Wildman–Crippen MR) is 96.8 cm³/mol. The van der Waals surface area contributed by atoms with Gasteiger partial charge < -0.3 is 9.53 Å². The summed E-state index contributed by atoms with van der Waals surface area (Å²) >= 11 is 3.45. The molecule has 1 heterocycles. The van der Waals surface area contributed by atoms with E-state index >= 15 is 0 Å². The second-order valence-electron chi connectivity index (χ2n) is 7.35. The van der Waals surface area contributed by atoms with Crippen molar-refractivity contribution in [3.63, 3.8) is 0 Å². The van der Waals surface area contributed by atoms with Crippen LogP contribution in [-0.4, -0.2) is 29.3 Å². The van der Waals surface area contributed by atoms with Crippen molar-refractivity contribution in [2.45, 2.75) is 58.5 Å². The number of benzene rings is 1. The first-order valence-electron chi connectivity index (χ1n) is 7.54. The van der Waals surface area contributed by atoms with Gasteiger partial charge in [-0.05, 0) is 53.1 Å². The van der Waals surface area contributed by atoms with E-state index in [-0.39, 0.29) is 16.9 Å². The first-order valence-corrected chi connectivity index (χ1v) is 11.2. The molecule has 0 aliphatic rings. The lowest BCUT2D eigenvalue weighted by molar-refractivity contribution is 0.176. The van der Waals surface area contributed by atoms with E-state index in [1.54, 1.807) is 6.07 Å². The van der Waals surface area contributed by atoms with E-state index in [0.717, 1.165) is 10.9 Å². The fraction of sp³-hybridized carbons (Fsp3) is 0.562. The summed E-state index contributed by atoms with van der Waals surface area (Å²) in [5, 5.41) is 15.5. The number of halogens is 1. The maximum absolute atomic E-state index is 9.87. The topological polar surface area (TPSA) is 47.3 Å². The quantitative estimate of drug-likeness (QED) is 0.761. The minimum atomic E-state index is -1.80. The average Bonchev–Trinajstić information content (AvgIpc) is 2.75. The summed E-state index contributed by atoms with van der Waals surface area (Å²) in [6.45, 7) is 14.0. The van der Waals surface area contributed by atoms with Crippen molar-refractivity contribution >= 4 is 35.2 Å². The van der Waals surface area contributed by atoms with Crippen LogP contribution < -0.4 is 0 Å². The Morgan fingerprint density at radius 1 is 1.36 bits per heavy atom. The molecule has 0 fully saturated rings. The van der Waals surface area contributed by atoms with Gasteiger partial charge in [0.2, 0.25) is 0 Å². The Balaban J connectivity index is 2.23. The third kappa shape index (κ3) is 3.39. The van der Waals surface area contributed by atoms with Gasteiger partial charge in [0.05, 0.1) is 28.8 Å². The largest absolute Gasteiger partial charge is 0.507 e. The Hall–Kier alpha value is -0.853. The van der Waals surface area contributed by atoms with Crippen LogP contribution in [0.4, 0.5) is 0 Å². The second-order valence-corrected chi connectivity index (χ2v) is 12.9. The normalized spacial score (nSPS) is 14.5. The SMILES string of the molecule is C[C@@H](Cn1ncc2ccc(O)c(Br)c21)O[Si](C)(C)C(C)(C)C. The van der Waals surface area contributed by atoms with Gasteiger partial charge in [0.15, 0.2) is 8.32 Å². The minimum absolute atomic E-state index is 0.0678. The van der Waals surface area contributed by atoms with Gasteiger partial charge in [-0.25, -0.2) is 0 Å². The highest BCUT2D eigenvalue weighted by atomic mass is 79.9. The van der Waals surface area contributed by atoms with Crippen molar-refractivity contribution in [2.75, 3.05) is 0 Å². The molecule has 1 atom stereocenters. The smallest absolute Gasteiger partial charge is 0.192 e. The van der Waals surface area contributed by atoms with Crippen molar-refractivity contribution in [1.82, 2.24) is 9.78 Å². The number of phenols is 1. The Bertz CT molecular complexity index is 677. The number of aromatic hydroxyl groups is 1. The number of rotatable bonds is 4. The van der Waals surface area contributed by atoms with Gasteiger partial charge in [0, 0.05) is 5.39 Å². The highest BCUT2D eigenvalue weighted by molar-refractivity contribution is 9.10. The predicted octanol–water partition coefficient (Wildman–Crippen LogP) is 4.91. The Morgan fingerprint density at radius 2 is 2.00 bits per heavy atom. The van der Waals surface area contributed by atoms with Crippen LogP contribution in [0, 0.1) is 0 Å². The van der Waals surface area contributed by atoms with Crippen LogP contribution in [0.15, 0.2) is 22.8 Å². The van der Waals surface area contributed by atoms with Gasteiger partial charge in [-0.1, -0.05) is 20.8 Å². The molecule has 0 saturated carbocycles. The maximum Gasteiger partial charge on any atom is 0.192 e. The lowest BCUT2D eigenvalue weighted by Crippen LogP contribution is -2.44. The summed E-state index contributed by atoms with van der Waals surface area (Å²) in [4.78, 5) is 0. The minimum Gasteiger partial charge on any atom is -0.507 e. The summed E-state index contributed by atoms with van der Waals surface area (Å²) in [5.74, 6) is 0.229. The monoisotopic (exact) mass is 384 g/mol. The van der Waals surface area contributed by atoms with Crippen molar-refractivity contribution in [3.05, 3.63) is 22.8 Å². The van der Waals surface area contributed by atoms with Crippen molar-refractivity contribution in [3.8, 4) is 5.75 Å². The molecule has 0 aliphatic heterocycles. The number of hydrogen-bond acceptors (Lipinski definition) is 3. The molecule has 4 nitrogen and oxygen atoms in total. The molecule has 0 radical (unpaired) electrons. The second kappa shape index (κ2) is 5.98. The molecule has 122 valence electrons. The third-order valence-electron chi connectivity index (χ3n) is 4.45. The van der Waals surface area contributed by atoms with Crippen LogP contribution in [-0.2, 0) is 11.0 Å². The molecule has 1 aromatic heterocycles. The van der Waals surface area contributed by atoms with Gasteiger partial charge in [0.1, 0.15) is 5.75 Å². The number of fused-ring (bicyclic) bond motifs is 1. The van der Waals surface area contributed by atoms with E-state index < -0.39 is 8.32 Å². The first kappa shape index (κ1) is 17.5. The maximum atomic E-state index is 9.87. The summed E-state index contributed by atoms with van der Waals surface area (Å²) in [6, 6.07) is 3.55. The zero-order chi connectivity index (χ0) is 16.7. The highest BCUT2D eigenvalue weighted by Gasteiger charge is 2.38. The molecular weight excluding hydrogens is 360 g/mol. The molecule has 1 N–H and O–H groups in total. The molecular formula is C16H25BrN2O2Si. The van der Waals surface area contributed by atoms with E-state index in [4.69, 9.17) is 4.43 Å². The van der Waals surface area contributed by atoms with E-state index in [1.165, 1.54) is 0 Å². The van der Waals surface area contributed by atoms with Crippen molar-refractivity contribution < 1.29 is 9.53 Å². The molecule has 0 bridgehead atoms. The zero-order valence-corrected chi connectivity index (χ0v) is 16.7. The molecule has 2 aromatic rings. The fourth-order valence-corrected chi connectivity index (χ4v) is 4.22. The van der Waals surface area contributed by atoms with Crippen LogP contribution in [0.5, 0.6) is 5.75 Å². The van der Waals surface area contributed by atoms with E-state index in [1.807, 2.05) is 16.9 Å². The number of hydrogen-bond donors (Lipinski definition) is 1. The standard InChI is InChI=1S/C16H25BrN2O2Si/c1-11(21-22(5,6)16(2,3)4)10-19-15-12(9-18-19)7-8-13(20)14(15)17/h7-9,11,20H,10H2,1-6H3/t11-/m0/s1. The summed E-state index contributed by atoms with van der Waals surface area (Å²) in [7, 11) is -1.80. The van der Waals surface area contributed by atoms with Gasteiger partial charge in [0.25, 0.3) is 0 Å². The van der Waals surface area contributed by atoms with Gasteiger partial charge in [-0.3, -0.25) is 4.68 Å². The van der Waals surface area contributed by atoms with Crippen LogP contribution in [0.2, 0.25) is 18.1 Å². The number of aromatic nitrogens is 2. The van der Waals surface area contributed by atoms with Crippen LogP contribution in [0.1, 0.15) is 27.7 Å². The van der Waals surface area contributed by atoms with Gasteiger partial charge >= 0.3 is 0 Å². The van der Waals surface area contributed by atoms with Gasteiger partial charge in [-0.15, -0.1) is 0 Å². The Morgan fingerprint density at radius 3 is 2.59 bits per heavy atom. The van der Waals surface area contributed by atoms with Crippen LogP contribution in [0.3, 0.4) is 0 Å². The Labute approximate surface area is 141 Å².